The van der Waals surface area contributed by atoms with Crippen LogP contribution in [0.25, 0.3) is 0 Å². The monoisotopic (exact) mass is 208 g/mol. The van der Waals surface area contributed by atoms with Crippen molar-refractivity contribution in [1.29, 1.82) is 0 Å². The molecule has 1 aliphatic carbocycles. The van der Waals surface area contributed by atoms with Crippen molar-refractivity contribution in [1.82, 2.24) is 5.16 Å². The molecule has 0 N–H and O–H groups in total. The van der Waals surface area contributed by atoms with E-state index in [4.69, 9.17) is 4.52 Å². The van der Waals surface area contributed by atoms with Crippen molar-refractivity contribution in [3.8, 4) is 0 Å². The van der Waals surface area contributed by atoms with Crippen LogP contribution in [0, 0.1) is 12.8 Å². The second kappa shape index (κ2) is 3.68. The molecule has 4 nitrogen and oxygen atoms in total. The summed E-state index contributed by atoms with van der Waals surface area (Å²) in [7, 11) is 0. The summed E-state index contributed by atoms with van der Waals surface area (Å²) >= 11 is 0. The summed E-state index contributed by atoms with van der Waals surface area (Å²) in [5.74, 6) is 1.40. The largest absolute Gasteiger partial charge is 0.359 e. The standard InChI is InChI=1S/C11H16N2O2/c1-7(10-4-5-10)13(9(3)14)11-6-12-15-8(11)2/h6-7,10H,4-5H2,1-3H3. The van der Waals surface area contributed by atoms with Crippen molar-refractivity contribution in [2.75, 3.05) is 4.90 Å². The predicted octanol–water partition coefficient (Wildman–Crippen LogP) is 2.13. The maximum atomic E-state index is 11.6. The van der Waals surface area contributed by atoms with E-state index in [2.05, 4.69) is 12.1 Å². The summed E-state index contributed by atoms with van der Waals surface area (Å²) < 4.78 is 5.00. The highest BCUT2D eigenvalue weighted by Gasteiger charge is 2.35. The average molecular weight is 208 g/mol. The summed E-state index contributed by atoms with van der Waals surface area (Å²) in [6.45, 7) is 5.51. The van der Waals surface area contributed by atoms with Gasteiger partial charge in [-0.15, -0.1) is 0 Å². The van der Waals surface area contributed by atoms with E-state index in [0.717, 1.165) is 5.69 Å². The second-order valence-electron chi connectivity index (χ2n) is 4.23. The van der Waals surface area contributed by atoms with E-state index in [1.807, 2.05) is 6.92 Å². The van der Waals surface area contributed by atoms with Crippen LogP contribution in [0.5, 0.6) is 0 Å². The Kier molecular flexibility index (Phi) is 2.50. The van der Waals surface area contributed by atoms with Crippen molar-refractivity contribution in [3.63, 3.8) is 0 Å². The van der Waals surface area contributed by atoms with Gasteiger partial charge in [0.15, 0.2) is 5.76 Å². The minimum absolute atomic E-state index is 0.0562. The lowest BCUT2D eigenvalue weighted by atomic mass is 10.1. The SMILES string of the molecule is CC(=O)N(c1cnoc1C)C(C)C1CC1. The average Bonchev–Trinajstić information content (AvgIpc) is 2.93. The van der Waals surface area contributed by atoms with Crippen LogP contribution in [0.3, 0.4) is 0 Å². The summed E-state index contributed by atoms with van der Waals surface area (Å²) in [6.07, 6.45) is 4.06. The maximum Gasteiger partial charge on any atom is 0.224 e. The quantitative estimate of drug-likeness (QED) is 0.764. The van der Waals surface area contributed by atoms with Crippen LogP contribution < -0.4 is 4.90 Å². The van der Waals surface area contributed by atoms with Crippen molar-refractivity contribution >= 4 is 11.6 Å². The first-order valence-corrected chi connectivity index (χ1v) is 5.32. The smallest absolute Gasteiger partial charge is 0.224 e. The summed E-state index contributed by atoms with van der Waals surface area (Å²) in [6, 6.07) is 0.251. The van der Waals surface area contributed by atoms with Crippen LogP contribution >= 0.6 is 0 Å². The van der Waals surface area contributed by atoms with Crippen molar-refractivity contribution in [2.45, 2.75) is 39.7 Å². The Bertz CT molecular complexity index is 368. The molecule has 4 heteroatoms. The zero-order valence-corrected chi connectivity index (χ0v) is 9.36. The summed E-state index contributed by atoms with van der Waals surface area (Å²) in [5, 5.41) is 3.72. The number of carbonyl (C=O) groups is 1. The lowest BCUT2D eigenvalue weighted by molar-refractivity contribution is -0.117. The van der Waals surface area contributed by atoms with E-state index < -0.39 is 0 Å². The molecule has 1 saturated carbocycles. The lowest BCUT2D eigenvalue weighted by Gasteiger charge is -2.26. The molecular weight excluding hydrogens is 192 g/mol. The van der Waals surface area contributed by atoms with Crippen molar-refractivity contribution < 1.29 is 9.32 Å². The van der Waals surface area contributed by atoms with Gasteiger partial charge >= 0.3 is 0 Å². The number of rotatable bonds is 3. The molecule has 82 valence electrons. The summed E-state index contributed by atoms with van der Waals surface area (Å²) in [5.41, 5.74) is 0.807. The first kappa shape index (κ1) is 10.2. The molecule has 0 aromatic carbocycles. The first-order valence-electron chi connectivity index (χ1n) is 5.32. The molecule has 0 spiro atoms. The second-order valence-corrected chi connectivity index (χ2v) is 4.23. The Morgan fingerprint density at radius 2 is 2.33 bits per heavy atom. The number of hydrogen-bond donors (Lipinski definition) is 0. The third kappa shape index (κ3) is 1.89. The topological polar surface area (TPSA) is 46.3 Å². The third-order valence-electron chi connectivity index (χ3n) is 3.04. The highest BCUT2D eigenvalue weighted by molar-refractivity contribution is 5.92. The molecule has 0 radical (unpaired) electrons. The minimum Gasteiger partial charge on any atom is -0.359 e. The molecule has 15 heavy (non-hydrogen) atoms. The van der Waals surface area contributed by atoms with Gasteiger partial charge < -0.3 is 9.42 Å². The number of carbonyl (C=O) groups excluding carboxylic acids is 1. The Morgan fingerprint density at radius 3 is 2.73 bits per heavy atom. The van der Waals surface area contributed by atoms with Crippen LogP contribution in [0.4, 0.5) is 5.69 Å². The van der Waals surface area contributed by atoms with E-state index in [1.54, 1.807) is 18.0 Å². The van der Waals surface area contributed by atoms with Gasteiger partial charge in [-0.1, -0.05) is 5.16 Å². The molecule has 1 aromatic heterocycles. The normalized spacial score (nSPS) is 17.5. The zero-order chi connectivity index (χ0) is 11.0. The Balaban J connectivity index is 2.26. The van der Waals surface area contributed by atoms with E-state index in [9.17, 15) is 4.79 Å². The van der Waals surface area contributed by atoms with Crippen LogP contribution in [0.2, 0.25) is 0 Å². The van der Waals surface area contributed by atoms with Gasteiger partial charge in [-0.2, -0.15) is 0 Å². The predicted molar refractivity (Wildman–Crippen MR) is 56.6 cm³/mol. The molecule has 1 heterocycles. The number of aryl methyl sites for hydroxylation is 1. The van der Waals surface area contributed by atoms with Gasteiger partial charge in [0, 0.05) is 13.0 Å². The van der Waals surface area contributed by atoms with Crippen LogP contribution in [-0.2, 0) is 4.79 Å². The van der Waals surface area contributed by atoms with E-state index in [-0.39, 0.29) is 11.9 Å². The van der Waals surface area contributed by atoms with E-state index >= 15 is 0 Å². The molecular formula is C11H16N2O2. The summed E-state index contributed by atoms with van der Waals surface area (Å²) in [4.78, 5) is 13.4. The maximum absolute atomic E-state index is 11.6. The Labute approximate surface area is 89.2 Å². The third-order valence-corrected chi connectivity index (χ3v) is 3.04. The van der Waals surface area contributed by atoms with Gasteiger partial charge in [-0.25, -0.2) is 0 Å². The first-order chi connectivity index (χ1) is 7.11. The van der Waals surface area contributed by atoms with Gasteiger partial charge in [-0.05, 0) is 32.6 Å². The molecule has 1 aliphatic rings. The molecule has 0 saturated heterocycles. The molecule has 1 unspecified atom stereocenters. The van der Waals surface area contributed by atoms with E-state index in [1.165, 1.54) is 12.8 Å². The molecule has 1 fully saturated rings. The number of aromatic nitrogens is 1. The molecule has 0 bridgehead atoms. The Hall–Kier alpha value is -1.32. The number of nitrogens with zero attached hydrogens (tertiary/aromatic N) is 2. The van der Waals surface area contributed by atoms with Crippen LogP contribution in [0.1, 0.15) is 32.4 Å². The molecule has 1 atom stereocenters. The number of amides is 1. The van der Waals surface area contributed by atoms with Crippen LogP contribution in [0.15, 0.2) is 10.7 Å². The Morgan fingerprint density at radius 1 is 1.67 bits per heavy atom. The zero-order valence-electron chi connectivity index (χ0n) is 9.36. The molecule has 1 amide bonds. The lowest BCUT2D eigenvalue weighted by Crippen LogP contribution is -2.38. The van der Waals surface area contributed by atoms with Crippen molar-refractivity contribution in [3.05, 3.63) is 12.0 Å². The van der Waals surface area contributed by atoms with Gasteiger partial charge in [0.05, 0.1) is 6.20 Å². The highest BCUT2D eigenvalue weighted by atomic mass is 16.5. The fourth-order valence-electron chi connectivity index (χ4n) is 1.99. The number of hydrogen-bond acceptors (Lipinski definition) is 3. The highest BCUT2D eigenvalue weighted by Crippen LogP contribution is 2.37. The van der Waals surface area contributed by atoms with Gasteiger partial charge in [0.2, 0.25) is 5.91 Å². The van der Waals surface area contributed by atoms with Crippen LogP contribution in [-0.4, -0.2) is 17.1 Å². The fourth-order valence-corrected chi connectivity index (χ4v) is 1.99. The fraction of sp³-hybridized carbons (Fsp3) is 0.636. The van der Waals surface area contributed by atoms with E-state index in [0.29, 0.717) is 11.7 Å². The van der Waals surface area contributed by atoms with Crippen molar-refractivity contribution in [2.24, 2.45) is 5.92 Å². The number of anilines is 1. The molecule has 0 aliphatic heterocycles. The molecule has 1 aromatic rings. The minimum atomic E-state index is 0.0562. The van der Waals surface area contributed by atoms with Gasteiger partial charge in [0.1, 0.15) is 5.69 Å². The van der Waals surface area contributed by atoms with Gasteiger partial charge in [-0.3, -0.25) is 4.79 Å². The van der Waals surface area contributed by atoms with Gasteiger partial charge in [0.25, 0.3) is 0 Å². The molecule has 2 rings (SSSR count).